The molecule has 1 amide bonds. The minimum atomic E-state index is -3.51. The van der Waals surface area contributed by atoms with E-state index in [1.807, 2.05) is 13.1 Å². The first-order valence-electron chi connectivity index (χ1n) is 13.5. The Kier molecular flexibility index (Phi) is 10.4. The number of nitrogens with zero attached hydrogens (tertiary/aromatic N) is 1. The lowest BCUT2D eigenvalue weighted by atomic mass is 9.89. The van der Waals surface area contributed by atoms with E-state index >= 15 is 0 Å². The molecule has 1 aromatic heterocycles. The van der Waals surface area contributed by atoms with Crippen LogP contribution in [0.1, 0.15) is 40.9 Å². The smallest absolute Gasteiger partial charge is 0.266 e. The molecule has 1 aliphatic rings. The lowest BCUT2D eigenvalue weighted by Gasteiger charge is -2.37. The van der Waals surface area contributed by atoms with E-state index in [4.69, 9.17) is 16.3 Å². The molecule has 6 nitrogen and oxygen atoms in total. The van der Waals surface area contributed by atoms with Crippen molar-refractivity contribution in [3.8, 4) is 16.9 Å². The SMILES string of the molecule is CNC1CCC(N(Cc2cc(-c3ccccc3S(C)(=O)=O)ccc2OC)C(=O)c2sc3c(F)ccc(F)c3c2Cl)CC1.Cl. The number of methoxy groups -OCH3 is 1. The van der Waals surface area contributed by atoms with Crippen molar-refractivity contribution in [2.75, 3.05) is 20.4 Å². The maximum Gasteiger partial charge on any atom is 0.266 e. The summed E-state index contributed by atoms with van der Waals surface area (Å²) in [7, 11) is -0.0638. The fraction of sp³-hybridized carbons (Fsp3) is 0.323. The van der Waals surface area contributed by atoms with E-state index in [1.54, 1.807) is 41.3 Å². The van der Waals surface area contributed by atoms with Gasteiger partial charge in [-0.1, -0.05) is 35.9 Å². The predicted octanol–water partition coefficient (Wildman–Crippen LogP) is 7.51. The number of hydrogen-bond donors (Lipinski definition) is 1. The summed E-state index contributed by atoms with van der Waals surface area (Å²) < 4.78 is 60.0. The molecule has 0 atom stereocenters. The van der Waals surface area contributed by atoms with E-state index < -0.39 is 27.4 Å². The van der Waals surface area contributed by atoms with Gasteiger partial charge in [-0.25, -0.2) is 17.2 Å². The molecule has 0 saturated heterocycles. The van der Waals surface area contributed by atoms with Gasteiger partial charge < -0.3 is 15.0 Å². The van der Waals surface area contributed by atoms with Gasteiger partial charge >= 0.3 is 0 Å². The summed E-state index contributed by atoms with van der Waals surface area (Å²) in [6, 6.07) is 14.3. The first-order chi connectivity index (χ1) is 20.0. The van der Waals surface area contributed by atoms with Crippen molar-refractivity contribution < 1.29 is 26.7 Å². The average Bonchev–Trinajstić information content (AvgIpc) is 3.35. The van der Waals surface area contributed by atoms with Crippen LogP contribution in [-0.4, -0.2) is 51.7 Å². The van der Waals surface area contributed by atoms with Crippen LogP contribution in [0.4, 0.5) is 8.78 Å². The first kappa shape index (κ1) is 33.1. The van der Waals surface area contributed by atoms with Crippen LogP contribution >= 0.6 is 35.3 Å². The highest BCUT2D eigenvalue weighted by molar-refractivity contribution is 7.90. The van der Waals surface area contributed by atoms with E-state index in [2.05, 4.69) is 5.32 Å². The molecule has 43 heavy (non-hydrogen) atoms. The van der Waals surface area contributed by atoms with Crippen molar-refractivity contribution in [1.82, 2.24) is 10.2 Å². The third kappa shape index (κ3) is 6.68. The molecule has 5 rings (SSSR count). The van der Waals surface area contributed by atoms with Gasteiger partial charge in [0.2, 0.25) is 0 Å². The molecule has 1 fully saturated rings. The maximum absolute atomic E-state index is 14.7. The summed E-state index contributed by atoms with van der Waals surface area (Å²) in [5.74, 6) is -1.22. The highest BCUT2D eigenvalue weighted by atomic mass is 35.5. The second kappa shape index (κ2) is 13.5. The van der Waals surface area contributed by atoms with Gasteiger partial charge in [0.15, 0.2) is 9.84 Å². The van der Waals surface area contributed by atoms with Crippen LogP contribution in [0, 0.1) is 11.6 Å². The lowest BCUT2D eigenvalue weighted by Crippen LogP contribution is -2.44. The van der Waals surface area contributed by atoms with Crippen molar-refractivity contribution in [2.24, 2.45) is 0 Å². The fourth-order valence-corrected chi connectivity index (χ4v) is 8.11. The van der Waals surface area contributed by atoms with Gasteiger partial charge in [0.05, 0.1) is 27.1 Å². The Labute approximate surface area is 265 Å². The standard InChI is InChI=1S/C31H31ClF2N2O4S2.ClH/c1-35-20-9-11-21(12-10-20)36(31(37)30-28(32)27-23(33)13-14-24(34)29(27)41-30)17-19-16-18(8-15-25(19)40-2)22-6-4-5-7-26(22)42(3,38)39;/h4-8,13-16,20-21,35H,9-12,17H2,1-3H3;1H. The summed E-state index contributed by atoms with van der Waals surface area (Å²) in [4.78, 5) is 16.2. The Bertz CT molecular complexity index is 1760. The summed E-state index contributed by atoms with van der Waals surface area (Å²) >= 11 is 7.40. The molecule has 1 aliphatic carbocycles. The lowest BCUT2D eigenvalue weighted by molar-refractivity contribution is 0.0604. The number of amides is 1. The Morgan fingerprint density at radius 1 is 1.07 bits per heavy atom. The number of fused-ring (bicyclic) bond motifs is 1. The summed E-state index contributed by atoms with van der Waals surface area (Å²) in [6.07, 6.45) is 4.32. The Hall–Kier alpha value is -2.76. The Morgan fingerprint density at radius 2 is 1.74 bits per heavy atom. The van der Waals surface area contributed by atoms with E-state index in [0.29, 0.717) is 28.5 Å². The normalized spacial score (nSPS) is 17.0. The van der Waals surface area contributed by atoms with Crippen LogP contribution in [0.3, 0.4) is 0 Å². The number of hydrogen-bond acceptors (Lipinski definition) is 6. The first-order valence-corrected chi connectivity index (χ1v) is 16.6. The topological polar surface area (TPSA) is 75.7 Å². The van der Waals surface area contributed by atoms with E-state index in [0.717, 1.165) is 49.2 Å². The molecule has 1 N–H and O–H groups in total. The molecule has 0 bridgehead atoms. The van der Waals surface area contributed by atoms with Gasteiger partial charge in [-0.05, 0) is 68.6 Å². The van der Waals surface area contributed by atoms with E-state index in [9.17, 15) is 22.0 Å². The fourth-order valence-electron chi connectivity index (χ4n) is 5.69. The molecule has 12 heteroatoms. The molecule has 1 saturated carbocycles. The van der Waals surface area contributed by atoms with Crippen molar-refractivity contribution in [1.29, 1.82) is 0 Å². The molecular formula is C31H32Cl2F2N2O4S2. The molecule has 1 heterocycles. The van der Waals surface area contributed by atoms with Crippen molar-refractivity contribution in [3.05, 3.63) is 81.7 Å². The molecule has 230 valence electrons. The third-order valence-corrected chi connectivity index (χ3v) is 10.7. The largest absolute Gasteiger partial charge is 0.496 e. The third-order valence-electron chi connectivity index (χ3n) is 7.90. The zero-order valence-corrected chi connectivity index (χ0v) is 27.0. The van der Waals surface area contributed by atoms with Gasteiger partial charge in [-0.2, -0.15) is 0 Å². The molecule has 0 aliphatic heterocycles. The van der Waals surface area contributed by atoms with Crippen molar-refractivity contribution >= 4 is 61.2 Å². The van der Waals surface area contributed by atoms with E-state index in [-0.39, 0.29) is 49.9 Å². The van der Waals surface area contributed by atoms with Gasteiger partial charge in [0.1, 0.15) is 22.3 Å². The number of ether oxygens (including phenoxy) is 1. The van der Waals surface area contributed by atoms with Gasteiger partial charge in [-0.3, -0.25) is 4.79 Å². The van der Waals surface area contributed by atoms with Crippen LogP contribution in [0.15, 0.2) is 59.5 Å². The van der Waals surface area contributed by atoms with Gasteiger partial charge in [0, 0.05) is 36.0 Å². The number of thiophene rings is 1. The monoisotopic (exact) mass is 668 g/mol. The second-order valence-corrected chi connectivity index (χ2v) is 13.9. The highest BCUT2D eigenvalue weighted by Crippen LogP contribution is 2.41. The predicted molar refractivity (Wildman–Crippen MR) is 171 cm³/mol. The molecule has 3 aromatic carbocycles. The molecule has 0 radical (unpaired) electrons. The van der Waals surface area contributed by atoms with Crippen molar-refractivity contribution in [2.45, 2.75) is 49.2 Å². The number of carbonyl (C=O) groups excluding carboxylic acids is 1. The molecule has 0 unspecified atom stereocenters. The molecular weight excluding hydrogens is 637 g/mol. The maximum atomic E-state index is 14.7. The zero-order valence-electron chi connectivity index (χ0n) is 23.8. The number of sulfone groups is 1. The van der Waals surface area contributed by atoms with Crippen LogP contribution in [0.25, 0.3) is 21.2 Å². The van der Waals surface area contributed by atoms with Crippen LogP contribution < -0.4 is 10.1 Å². The van der Waals surface area contributed by atoms with Crippen molar-refractivity contribution in [3.63, 3.8) is 0 Å². The van der Waals surface area contributed by atoms with Crippen LogP contribution in [0.5, 0.6) is 5.75 Å². The highest BCUT2D eigenvalue weighted by Gasteiger charge is 2.33. The number of benzene rings is 3. The summed E-state index contributed by atoms with van der Waals surface area (Å²) in [5.41, 5.74) is 1.86. The van der Waals surface area contributed by atoms with Crippen LogP contribution in [-0.2, 0) is 16.4 Å². The number of halogens is 4. The quantitative estimate of drug-likeness (QED) is 0.210. The molecule has 4 aromatic rings. The number of carbonyl (C=O) groups is 1. The van der Waals surface area contributed by atoms with E-state index in [1.165, 1.54) is 13.4 Å². The Balaban J connectivity index is 0.00000423. The number of rotatable bonds is 8. The minimum absolute atomic E-state index is 0. The number of nitrogens with one attached hydrogen (secondary N) is 1. The van der Waals surface area contributed by atoms with Crippen LogP contribution in [0.2, 0.25) is 5.02 Å². The average molecular weight is 670 g/mol. The summed E-state index contributed by atoms with van der Waals surface area (Å²) in [6.45, 7) is 0.126. The minimum Gasteiger partial charge on any atom is -0.496 e. The molecule has 0 spiro atoms. The summed E-state index contributed by atoms with van der Waals surface area (Å²) in [5, 5.41) is 3.10. The zero-order chi connectivity index (χ0) is 30.2. The Morgan fingerprint density at radius 3 is 2.37 bits per heavy atom. The second-order valence-electron chi connectivity index (χ2n) is 10.5. The van der Waals surface area contributed by atoms with Gasteiger partial charge in [-0.15, -0.1) is 23.7 Å². The van der Waals surface area contributed by atoms with Gasteiger partial charge in [0.25, 0.3) is 5.91 Å².